The molecule has 0 saturated heterocycles. The highest BCUT2D eigenvalue weighted by Gasteiger charge is 2.17. The number of aldehydes is 1. The molecular weight excluding hydrogens is 190 g/mol. The molecule has 3 nitrogen and oxygen atoms in total. The Morgan fingerprint density at radius 2 is 2.46 bits per heavy atom. The fraction of sp³-hybridized carbons (Fsp3) is 0.222. The van der Waals surface area contributed by atoms with Crippen molar-refractivity contribution in [2.75, 3.05) is 11.9 Å². The topological polar surface area (TPSA) is 38.3 Å². The first-order valence-electron chi connectivity index (χ1n) is 3.94. The van der Waals surface area contributed by atoms with Gasteiger partial charge in [-0.3, -0.25) is 0 Å². The SMILES string of the molecule is O=CC1COc2ccc(Cl)cc2N1. The van der Waals surface area contributed by atoms with Crippen LogP contribution in [0.25, 0.3) is 0 Å². The molecule has 0 radical (unpaired) electrons. The van der Waals surface area contributed by atoms with Crippen molar-refractivity contribution in [1.29, 1.82) is 0 Å². The van der Waals surface area contributed by atoms with Gasteiger partial charge in [0.25, 0.3) is 0 Å². The molecule has 0 amide bonds. The molecule has 1 N–H and O–H groups in total. The Labute approximate surface area is 80.6 Å². The maximum Gasteiger partial charge on any atom is 0.145 e. The van der Waals surface area contributed by atoms with Crippen LogP contribution < -0.4 is 10.1 Å². The van der Waals surface area contributed by atoms with Gasteiger partial charge in [0.2, 0.25) is 0 Å². The molecule has 1 aliphatic heterocycles. The number of carbonyl (C=O) groups is 1. The summed E-state index contributed by atoms with van der Waals surface area (Å²) in [4.78, 5) is 10.5. The Bertz CT molecular complexity index is 340. The molecule has 0 fully saturated rings. The van der Waals surface area contributed by atoms with Crippen LogP contribution in [0.1, 0.15) is 0 Å². The van der Waals surface area contributed by atoms with Gasteiger partial charge in [-0.25, -0.2) is 0 Å². The monoisotopic (exact) mass is 197 g/mol. The lowest BCUT2D eigenvalue weighted by Gasteiger charge is -2.23. The Morgan fingerprint density at radius 3 is 3.23 bits per heavy atom. The van der Waals surface area contributed by atoms with E-state index in [9.17, 15) is 4.79 Å². The predicted molar refractivity (Wildman–Crippen MR) is 50.4 cm³/mol. The molecule has 0 spiro atoms. The molecular formula is C9H8ClNO2. The summed E-state index contributed by atoms with van der Waals surface area (Å²) in [7, 11) is 0. The van der Waals surface area contributed by atoms with Crippen molar-refractivity contribution in [2.24, 2.45) is 0 Å². The van der Waals surface area contributed by atoms with E-state index in [1.165, 1.54) is 0 Å². The quantitative estimate of drug-likeness (QED) is 0.697. The summed E-state index contributed by atoms with van der Waals surface area (Å²) < 4.78 is 5.33. The number of hydrogen-bond acceptors (Lipinski definition) is 3. The maximum absolute atomic E-state index is 10.5. The number of ether oxygens (including phenoxy) is 1. The van der Waals surface area contributed by atoms with Gasteiger partial charge in [-0.15, -0.1) is 0 Å². The number of hydrogen-bond donors (Lipinski definition) is 1. The fourth-order valence-electron chi connectivity index (χ4n) is 1.24. The average molecular weight is 198 g/mol. The summed E-state index contributed by atoms with van der Waals surface area (Å²) in [5, 5.41) is 3.64. The van der Waals surface area contributed by atoms with E-state index in [0.29, 0.717) is 11.6 Å². The van der Waals surface area contributed by atoms with Crippen molar-refractivity contribution in [1.82, 2.24) is 0 Å². The van der Waals surface area contributed by atoms with Crippen molar-refractivity contribution in [2.45, 2.75) is 6.04 Å². The molecule has 0 bridgehead atoms. The number of rotatable bonds is 1. The van der Waals surface area contributed by atoms with Gasteiger partial charge in [-0.05, 0) is 18.2 Å². The number of nitrogens with one attached hydrogen (secondary N) is 1. The number of fused-ring (bicyclic) bond motifs is 1. The van der Waals surface area contributed by atoms with E-state index in [-0.39, 0.29) is 6.04 Å². The largest absolute Gasteiger partial charge is 0.489 e. The first-order valence-corrected chi connectivity index (χ1v) is 4.31. The van der Waals surface area contributed by atoms with Crippen LogP contribution in [0.3, 0.4) is 0 Å². The van der Waals surface area contributed by atoms with Crippen molar-refractivity contribution in [3.05, 3.63) is 23.2 Å². The van der Waals surface area contributed by atoms with Crippen LogP contribution in [-0.2, 0) is 4.79 Å². The van der Waals surface area contributed by atoms with Crippen molar-refractivity contribution < 1.29 is 9.53 Å². The van der Waals surface area contributed by atoms with Gasteiger partial charge in [0.05, 0.1) is 5.69 Å². The molecule has 2 rings (SSSR count). The summed E-state index contributed by atoms with van der Waals surface area (Å²) in [5.74, 6) is 0.738. The second kappa shape index (κ2) is 3.26. The molecule has 1 heterocycles. The van der Waals surface area contributed by atoms with Gasteiger partial charge >= 0.3 is 0 Å². The van der Waals surface area contributed by atoms with Crippen molar-refractivity contribution in [3.8, 4) is 5.75 Å². The highest BCUT2D eigenvalue weighted by atomic mass is 35.5. The smallest absolute Gasteiger partial charge is 0.145 e. The number of anilines is 1. The molecule has 4 heteroatoms. The fourth-order valence-corrected chi connectivity index (χ4v) is 1.41. The lowest BCUT2D eigenvalue weighted by molar-refractivity contribution is -0.109. The van der Waals surface area contributed by atoms with E-state index in [0.717, 1.165) is 17.7 Å². The van der Waals surface area contributed by atoms with Crippen LogP contribution in [-0.4, -0.2) is 18.9 Å². The average Bonchev–Trinajstić information content (AvgIpc) is 2.16. The van der Waals surface area contributed by atoms with Gasteiger partial charge in [0.15, 0.2) is 0 Å². The number of halogens is 1. The van der Waals surface area contributed by atoms with E-state index in [1.807, 2.05) is 0 Å². The Balaban J connectivity index is 2.32. The minimum absolute atomic E-state index is 0.272. The summed E-state index contributed by atoms with van der Waals surface area (Å²) in [5.41, 5.74) is 0.774. The third kappa shape index (κ3) is 1.60. The van der Waals surface area contributed by atoms with E-state index >= 15 is 0 Å². The number of carbonyl (C=O) groups excluding carboxylic acids is 1. The van der Waals surface area contributed by atoms with Crippen LogP contribution in [0.4, 0.5) is 5.69 Å². The van der Waals surface area contributed by atoms with Crippen LogP contribution >= 0.6 is 11.6 Å². The van der Waals surface area contributed by atoms with E-state index in [1.54, 1.807) is 18.2 Å². The molecule has 0 aliphatic carbocycles. The zero-order valence-electron chi connectivity index (χ0n) is 6.79. The van der Waals surface area contributed by atoms with Crippen molar-refractivity contribution in [3.63, 3.8) is 0 Å². The second-order valence-corrected chi connectivity index (χ2v) is 3.27. The highest BCUT2D eigenvalue weighted by Crippen LogP contribution is 2.30. The Kier molecular flexibility index (Phi) is 2.10. The standard InChI is InChI=1S/C9H8ClNO2/c10-6-1-2-9-8(3-6)11-7(4-12)5-13-9/h1-4,7,11H,5H2. The predicted octanol–water partition coefficient (Wildman–Crippen LogP) is 1.71. The Hall–Kier alpha value is -1.22. The Morgan fingerprint density at radius 1 is 1.62 bits per heavy atom. The van der Waals surface area contributed by atoms with Gasteiger partial charge in [-0.1, -0.05) is 11.6 Å². The first kappa shape index (κ1) is 8.38. The van der Waals surface area contributed by atoms with Gasteiger partial charge < -0.3 is 14.8 Å². The molecule has 1 atom stereocenters. The molecule has 1 aliphatic rings. The minimum atomic E-state index is -0.272. The summed E-state index contributed by atoms with van der Waals surface area (Å²) >= 11 is 5.78. The van der Waals surface area contributed by atoms with Gasteiger partial charge in [0, 0.05) is 5.02 Å². The summed E-state index contributed by atoms with van der Waals surface area (Å²) in [6, 6.07) is 5.01. The molecule has 0 saturated carbocycles. The molecule has 0 aromatic heterocycles. The van der Waals surface area contributed by atoms with Crippen LogP contribution in [0.15, 0.2) is 18.2 Å². The first-order chi connectivity index (χ1) is 6.29. The highest BCUT2D eigenvalue weighted by molar-refractivity contribution is 6.30. The lowest BCUT2D eigenvalue weighted by atomic mass is 10.2. The molecule has 1 aromatic rings. The summed E-state index contributed by atoms with van der Waals surface area (Å²) in [6.45, 7) is 0.373. The minimum Gasteiger partial charge on any atom is -0.489 e. The normalized spacial score (nSPS) is 19.6. The van der Waals surface area contributed by atoms with E-state index in [4.69, 9.17) is 16.3 Å². The van der Waals surface area contributed by atoms with E-state index in [2.05, 4.69) is 5.32 Å². The van der Waals surface area contributed by atoms with Gasteiger partial charge in [0.1, 0.15) is 24.7 Å². The molecule has 13 heavy (non-hydrogen) atoms. The zero-order chi connectivity index (χ0) is 9.26. The van der Waals surface area contributed by atoms with Crippen LogP contribution in [0.5, 0.6) is 5.75 Å². The zero-order valence-corrected chi connectivity index (χ0v) is 7.54. The van der Waals surface area contributed by atoms with Gasteiger partial charge in [-0.2, -0.15) is 0 Å². The van der Waals surface area contributed by atoms with E-state index < -0.39 is 0 Å². The molecule has 1 aromatic carbocycles. The molecule has 68 valence electrons. The lowest BCUT2D eigenvalue weighted by Crippen LogP contribution is -2.32. The van der Waals surface area contributed by atoms with Crippen molar-refractivity contribution >= 4 is 23.6 Å². The van der Waals surface area contributed by atoms with Crippen LogP contribution in [0, 0.1) is 0 Å². The summed E-state index contributed by atoms with van der Waals surface area (Å²) in [6.07, 6.45) is 0.823. The molecule has 1 unspecified atom stereocenters. The third-order valence-electron chi connectivity index (χ3n) is 1.87. The third-order valence-corrected chi connectivity index (χ3v) is 2.10. The van der Waals surface area contributed by atoms with Crippen LogP contribution in [0.2, 0.25) is 5.02 Å². The maximum atomic E-state index is 10.5. The second-order valence-electron chi connectivity index (χ2n) is 2.84. The number of benzene rings is 1.